The van der Waals surface area contributed by atoms with Crippen LogP contribution in [-0.4, -0.2) is 58.5 Å². The molecule has 3 aromatic carbocycles. The Bertz CT molecular complexity index is 1460. The van der Waals surface area contributed by atoms with Crippen molar-refractivity contribution in [2.24, 2.45) is 0 Å². The number of carbonyl (C=O) groups is 5. The topological polar surface area (TPSA) is 125 Å². The number of nitrogens with zero attached hydrogens (tertiary/aromatic N) is 1. The summed E-state index contributed by atoms with van der Waals surface area (Å²) in [6.45, 7) is 2.92. The van der Waals surface area contributed by atoms with E-state index in [0.717, 1.165) is 48.8 Å². The number of hydrogen-bond donors (Lipinski definition) is 3. The van der Waals surface area contributed by atoms with Gasteiger partial charge in [-0.05, 0) is 36.5 Å². The SMILES string of the molecule is CC(=O)N[C@@H](Cc1ccccc1)C(=O)N(Cc1ccccc1)C(Cc1ccccc1)C(=O)NC(C)C(=O)C(=O)NC1CCCCC1. The predicted octanol–water partition coefficient (Wildman–Crippen LogP) is 3.90. The fraction of sp³-hybridized carbons (Fsp3) is 0.378. The standard InChI is InChI=1S/C37H44N4O5/c1-26(34(43)36(45)40-31-21-13-6-14-22-31)38-35(44)33(24-29-17-9-4-10-18-29)41(25-30-19-11-5-12-20-30)37(46)32(39-27(2)42)23-28-15-7-3-8-16-28/h3-5,7-12,15-20,26,31-33H,6,13-14,21-25H2,1-2H3,(H,38,44)(H,39,42)(H,40,45)/t26?,32-,33?/m0/s1. The van der Waals surface area contributed by atoms with Gasteiger partial charge in [-0.15, -0.1) is 0 Å². The van der Waals surface area contributed by atoms with Gasteiger partial charge in [0.15, 0.2) is 0 Å². The van der Waals surface area contributed by atoms with Crippen LogP contribution in [0.5, 0.6) is 0 Å². The van der Waals surface area contributed by atoms with Gasteiger partial charge < -0.3 is 20.9 Å². The van der Waals surface area contributed by atoms with E-state index < -0.39 is 41.6 Å². The van der Waals surface area contributed by atoms with Gasteiger partial charge in [0, 0.05) is 32.4 Å². The fourth-order valence-corrected chi connectivity index (χ4v) is 5.87. The third kappa shape index (κ3) is 10.1. The zero-order valence-corrected chi connectivity index (χ0v) is 26.6. The van der Waals surface area contributed by atoms with Gasteiger partial charge in [-0.2, -0.15) is 0 Å². The molecule has 0 heterocycles. The van der Waals surface area contributed by atoms with Crippen molar-refractivity contribution in [3.05, 3.63) is 108 Å². The molecular weight excluding hydrogens is 580 g/mol. The molecule has 0 saturated heterocycles. The van der Waals surface area contributed by atoms with Crippen molar-refractivity contribution < 1.29 is 24.0 Å². The van der Waals surface area contributed by atoms with Crippen LogP contribution in [0.1, 0.15) is 62.6 Å². The van der Waals surface area contributed by atoms with Crippen molar-refractivity contribution in [1.29, 1.82) is 0 Å². The van der Waals surface area contributed by atoms with Crippen molar-refractivity contribution in [3.63, 3.8) is 0 Å². The molecule has 0 bridgehead atoms. The van der Waals surface area contributed by atoms with E-state index in [0.29, 0.717) is 0 Å². The normalized spacial score (nSPS) is 15.1. The first-order valence-electron chi connectivity index (χ1n) is 16.1. The Morgan fingerprint density at radius 2 is 1.24 bits per heavy atom. The molecular formula is C37H44N4O5. The minimum atomic E-state index is -1.11. The number of benzene rings is 3. The monoisotopic (exact) mass is 624 g/mol. The molecule has 242 valence electrons. The second-order valence-corrected chi connectivity index (χ2v) is 12.0. The molecule has 1 aliphatic carbocycles. The van der Waals surface area contributed by atoms with E-state index in [2.05, 4.69) is 16.0 Å². The largest absolute Gasteiger partial charge is 0.347 e. The molecule has 4 rings (SSSR count). The van der Waals surface area contributed by atoms with Gasteiger partial charge in [0.1, 0.15) is 12.1 Å². The lowest BCUT2D eigenvalue weighted by Gasteiger charge is -2.35. The van der Waals surface area contributed by atoms with Crippen molar-refractivity contribution in [2.75, 3.05) is 0 Å². The summed E-state index contributed by atoms with van der Waals surface area (Å²) in [5.41, 5.74) is 2.45. The van der Waals surface area contributed by atoms with E-state index in [-0.39, 0.29) is 31.3 Å². The Hall–Kier alpha value is -4.79. The van der Waals surface area contributed by atoms with Crippen LogP contribution in [0.2, 0.25) is 0 Å². The first kappa shape index (κ1) is 34.1. The van der Waals surface area contributed by atoms with Crippen LogP contribution in [0.3, 0.4) is 0 Å². The molecule has 46 heavy (non-hydrogen) atoms. The summed E-state index contributed by atoms with van der Waals surface area (Å²) < 4.78 is 0. The molecule has 0 radical (unpaired) electrons. The highest BCUT2D eigenvalue weighted by Gasteiger charge is 2.36. The number of amides is 4. The second-order valence-electron chi connectivity index (χ2n) is 12.0. The first-order valence-corrected chi connectivity index (χ1v) is 16.1. The molecule has 9 heteroatoms. The van der Waals surface area contributed by atoms with Crippen LogP contribution in [0.4, 0.5) is 0 Å². The van der Waals surface area contributed by atoms with Crippen molar-refractivity contribution in [2.45, 2.75) is 89.5 Å². The summed E-state index contributed by atoms with van der Waals surface area (Å²) in [4.78, 5) is 68.3. The molecule has 9 nitrogen and oxygen atoms in total. The highest BCUT2D eigenvalue weighted by Crippen LogP contribution is 2.19. The van der Waals surface area contributed by atoms with E-state index in [1.165, 1.54) is 18.7 Å². The van der Waals surface area contributed by atoms with Crippen LogP contribution in [0.25, 0.3) is 0 Å². The summed E-state index contributed by atoms with van der Waals surface area (Å²) in [7, 11) is 0. The molecule has 3 aromatic rings. The Morgan fingerprint density at radius 1 is 0.717 bits per heavy atom. The molecule has 0 spiro atoms. The van der Waals surface area contributed by atoms with E-state index in [4.69, 9.17) is 0 Å². The summed E-state index contributed by atoms with van der Waals surface area (Å²) in [5, 5.41) is 8.36. The van der Waals surface area contributed by atoms with Gasteiger partial charge in [-0.3, -0.25) is 24.0 Å². The zero-order valence-electron chi connectivity index (χ0n) is 26.6. The maximum absolute atomic E-state index is 14.5. The Kier molecular flexibility index (Phi) is 12.6. The minimum absolute atomic E-state index is 0.0479. The van der Waals surface area contributed by atoms with Gasteiger partial charge in [-0.25, -0.2) is 0 Å². The second kappa shape index (κ2) is 17.1. The molecule has 1 aliphatic rings. The highest BCUT2D eigenvalue weighted by atomic mass is 16.2. The van der Waals surface area contributed by atoms with Crippen LogP contribution in [-0.2, 0) is 43.4 Å². The van der Waals surface area contributed by atoms with E-state index >= 15 is 0 Å². The van der Waals surface area contributed by atoms with E-state index in [1.807, 2.05) is 91.0 Å². The van der Waals surface area contributed by atoms with Gasteiger partial charge in [0.2, 0.25) is 23.5 Å². The van der Waals surface area contributed by atoms with Gasteiger partial charge in [0.25, 0.3) is 5.91 Å². The summed E-state index contributed by atoms with van der Waals surface area (Å²) in [6, 6.07) is 24.8. The Morgan fingerprint density at radius 3 is 1.78 bits per heavy atom. The molecule has 1 fully saturated rings. The molecule has 2 unspecified atom stereocenters. The maximum atomic E-state index is 14.5. The zero-order chi connectivity index (χ0) is 32.9. The van der Waals surface area contributed by atoms with Crippen molar-refractivity contribution in [3.8, 4) is 0 Å². The highest BCUT2D eigenvalue weighted by molar-refractivity contribution is 6.38. The lowest BCUT2D eigenvalue weighted by atomic mass is 9.95. The number of Topliss-reactive ketones (excluding diaryl/α,β-unsaturated/α-hetero) is 1. The third-order valence-corrected chi connectivity index (χ3v) is 8.30. The summed E-state index contributed by atoms with van der Waals surface area (Å²) >= 11 is 0. The molecule has 3 atom stereocenters. The number of hydrogen-bond acceptors (Lipinski definition) is 5. The number of nitrogens with one attached hydrogen (secondary N) is 3. The molecule has 1 saturated carbocycles. The smallest absolute Gasteiger partial charge is 0.289 e. The van der Waals surface area contributed by atoms with E-state index in [9.17, 15) is 24.0 Å². The van der Waals surface area contributed by atoms with Crippen LogP contribution < -0.4 is 16.0 Å². The Labute approximate surface area is 271 Å². The number of ketones is 1. The predicted molar refractivity (Wildman–Crippen MR) is 176 cm³/mol. The molecule has 3 N–H and O–H groups in total. The van der Waals surface area contributed by atoms with Crippen molar-refractivity contribution >= 4 is 29.4 Å². The molecule has 0 aromatic heterocycles. The number of carbonyl (C=O) groups excluding carboxylic acids is 5. The van der Waals surface area contributed by atoms with E-state index in [1.54, 1.807) is 0 Å². The minimum Gasteiger partial charge on any atom is -0.347 e. The lowest BCUT2D eigenvalue weighted by Crippen LogP contribution is -2.58. The van der Waals surface area contributed by atoms with Gasteiger partial charge >= 0.3 is 0 Å². The van der Waals surface area contributed by atoms with Crippen LogP contribution >= 0.6 is 0 Å². The first-order chi connectivity index (χ1) is 22.2. The quantitative estimate of drug-likeness (QED) is 0.235. The number of rotatable bonds is 14. The van der Waals surface area contributed by atoms with Crippen LogP contribution in [0, 0.1) is 0 Å². The summed E-state index contributed by atoms with van der Waals surface area (Å²) in [6.07, 6.45) is 5.14. The third-order valence-electron chi connectivity index (χ3n) is 8.30. The molecule has 4 amide bonds. The van der Waals surface area contributed by atoms with Crippen LogP contribution in [0.15, 0.2) is 91.0 Å². The Balaban J connectivity index is 1.64. The van der Waals surface area contributed by atoms with Crippen molar-refractivity contribution in [1.82, 2.24) is 20.9 Å². The van der Waals surface area contributed by atoms with Gasteiger partial charge in [-0.1, -0.05) is 110 Å². The lowest BCUT2D eigenvalue weighted by molar-refractivity contribution is -0.145. The maximum Gasteiger partial charge on any atom is 0.289 e. The molecule has 0 aliphatic heterocycles. The average Bonchev–Trinajstić information content (AvgIpc) is 3.07. The summed E-state index contributed by atoms with van der Waals surface area (Å²) in [5.74, 6) is -2.83. The van der Waals surface area contributed by atoms with Gasteiger partial charge in [0.05, 0.1) is 6.04 Å². The fourth-order valence-electron chi connectivity index (χ4n) is 5.87. The average molecular weight is 625 g/mol.